The first-order chi connectivity index (χ1) is 15.1. The molecule has 1 aliphatic heterocycles. The largest absolute Gasteiger partial charge is 0.310 e. The van der Waals surface area contributed by atoms with E-state index in [1.54, 1.807) is 11.8 Å². The molecule has 6 heteroatoms. The summed E-state index contributed by atoms with van der Waals surface area (Å²) in [6.45, 7) is 2.06. The number of nitrogens with zero attached hydrogens (tertiary/aromatic N) is 2. The Morgan fingerprint density at radius 2 is 1.71 bits per heavy atom. The summed E-state index contributed by atoms with van der Waals surface area (Å²) in [5.41, 5.74) is 6.20. The van der Waals surface area contributed by atoms with Gasteiger partial charge in [-0.1, -0.05) is 76.1 Å². The number of halogens is 1. The van der Waals surface area contributed by atoms with Crippen molar-refractivity contribution in [3.63, 3.8) is 0 Å². The minimum Gasteiger partial charge on any atom is -0.310 e. The zero-order chi connectivity index (χ0) is 21.4. The first kappa shape index (κ1) is 20.1. The molecule has 3 aromatic carbocycles. The predicted molar refractivity (Wildman–Crippen MR) is 131 cm³/mol. The second-order valence-corrected chi connectivity index (χ2v) is 9.52. The second-order valence-electron chi connectivity index (χ2n) is 7.52. The molecule has 0 fully saturated rings. The van der Waals surface area contributed by atoms with Crippen molar-refractivity contribution in [3.8, 4) is 16.9 Å². The Hall–Kier alpha value is -2.83. The minimum absolute atomic E-state index is 0.0151. The summed E-state index contributed by atoms with van der Waals surface area (Å²) in [6.07, 6.45) is 0. The highest BCUT2D eigenvalue weighted by molar-refractivity contribution is 9.10. The summed E-state index contributed by atoms with van der Waals surface area (Å²) in [4.78, 5) is 12.7. The van der Waals surface area contributed by atoms with E-state index in [0.29, 0.717) is 5.75 Å². The number of thioether (sulfide) groups is 1. The van der Waals surface area contributed by atoms with E-state index in [0.717, 1.165) is 38.4 Å². The first-order valence-electron chi connectivity index (χ1n) is 10.0. The van der Waals surface area contributed by atoms with E-state index >= 15 is 0 Å². The zero-order valence-corrected chi connectivity index (χ0v) is 19.3. The smallest absolute Gasteiger partial charge is 0.235 e. The van der Waals surface area contributed by atoms with Gasteiger partial charge in [-0.25, -0.2) is 4.68 Å². The standard InChI is InChI=1S/C25H20BrN3OS/c1-16-7-13-20(14-8-16)29-25-22(23(28-29)17-5-3-2-4-6-17)24(31-15-21(30)27-25)18-9-11-19(26)12-10-18/h2-14,24H,15H2,1H3,(H,27,30)/t24-/m0/s1. The number of anilines is 1. The Labute approximate surface area is 193 Å². The third kappa shape index (κ3) is 3.93. The number of carbonyl (C=O) groups excluding carboxylic acids is 1. The first-order valence-corrected chi connectivity index (χ1v) is 11.9. The fourth-order valence-electron chi connectivity index (χ4n) is 3.79. The fourth-order valence-corrected chi connectivity index (χ4v) is 5.19. The van der Waals surface area contributed by atoms with Crippen molar-refractivity contribution in [3.05, 3.63) is 100 Å². The number of hydrogen-bond acceptors (Lipinski definition) is 3. The second kappa shape index (κ2) is 8.36. The van der Waals surface area contributed by atoms with Crippen LogP contribution in [0.25, 0.3) is 16.9 Å². The Balaban J connectivity index is 1.77. The third-order valence-electron chi connectivity index (χ3n) is 5.32. The summed E-state index contributed by atoms with van der Waals surface area (Å²) in [6, 6.07) is 26.7. The van der Waals surface area contributed by atoms with Gasteiger partial charge in [0.15, 0.2) is 0 Å². The van der Waals surface area contributed by atoms with Crippen LogP contribution in [0.2, 0.25) is 0 Å². The molecule has 31 heavy (non-hydrogen) atoms. The molecule has 2 heterocycles. The van der Waals surface area contributed by atoms with Gasteiger partial charge < -0.3 is 5.32 Å². The number of nitrogens with one attached hydrogen (secondary N) is 1. The molecule has 0 radical (unpaired) electrons. The molecule has 1 atom stereocenters. The quantitative estimate of drug-likeness (QED) is 0.362. The molecule has 0 spiro atoms. The van der Waals surface area contributed by atoms with Crippen LogP contribution in [0, 0.1) is 6.92 Å². The van der Waals surface area contributed by atoms with Crippen LogP contribution in [0.4, 0.5) is 5.82 Å². The Morgan fingerprint density at radius 1 is 1.00 bits per heavy atom. The van der Waals surface area contributed by atoms with Crippen molar-refractivity contribution in [2.45, 2.75) is 12.2 Å². The van der Waals surface area contributed by atoms with Crippen molar-refractivity contribution < 1.29 is 4.79 Å². The molecule has 0 saturated heterocycles. The molecule has 0 bridgehead atoms. The van der Waals surface area contributed by atoms with Crippen LogP contribution in [-0.2, 0) is 4.79 Å². The molecule has 0 saturated carbocycles. The summed E-state index contributed by atoms with van der Waals surface area (Å²) in [5, 5.41) is 8.13. The van der Waals surface area contributed by atoms with Gasteiger partial charge in [-0.15, -0.1) is 11.8 Å². The van der Waals surface area contributed by atoms with Crippen LogP contribution in [0.5, 0.6) is 0 Å². The van der Waals surface area contributed by atoms with Crippen LogP contribution in [0.15, 0.2) is 83.3 Å². The summed E-state index contributed by atoms with van der Waals surface area (Å²) < 4.78 is 2.90. The van der Waals surface area contributed by atoms with E-state index in [2.05, 4.69) is 64.6 Å². The molecule has 0 unspecified atom stereocenters. The van der Waals surface area contributed by atoms with E-state index in [-0.39, 0.29) is 11.2 Å². The lowest BCUT2D eigenvalue weighted by molar-refractivity contribution is -0.113. The maximum absolute atomic E-state index is 12.7. The van der Waals surface area contributed by atoms with Gasteiger partial charge >= 0.3 is 0 Å². The molecule has 4 aromatic rings. The number of benzene rings is 3. The van der Waals surface area contributed by atoms with E-state index in [1.807, 2.05) is 47.1 Å². The molecule has 1 aliphatic rings. The number of hydrogen-bond donors (Lipinski definition) is 1. The molecule has 5 rings (SSSR count). The topological polar surface area (TPSA) is 46.9 Å². The maximum Gasteiger partial charge on any atom is 0.235 e. The molecular weight excluding hydrogens is 470 g/mol. The Bertz CT molecular complexity index is 1230. The maximum atomic E-state index is 12.7. The number of aryl methyl sites for hydroxylation is 1. The van der Waals surface area contributed by atoms with E-state index in [9.17, 15) is 4.79 Å². The molecular formula is C25H20BrN3OS. The van der Waals surface area contributed by atoms with Crippen LogP contribution in [0.1, 0.15) is 21.9 Å². The van der Waals surface area contributed by atoms with E-state index in [4.69, 9.17) is 5.10 Å². The third-order valence-corrected chi connectivity index (χ3v) is 7.12. The van der Waals surface area contributed by atoms with Crippen LogP contribution in [-0.4, -0.2) is 21.4 Å². The highest BCUT2D eigenvalue weighted by Crippen LogP contribution is 2.46. The van der Waals surface area contributed by atoms with Crippen LogP contribution >= 0.6 is 27.7 Å². The average Bonchev–Trinajstić information content (AvgIpc) is 3.06. The lowest BCUT2D eigenvalue weighted by Gasteiger charge is -2.16. The normalized spacial score (nSPS) is 15.8. The Kier molecular flexibility index (Phi) is 5.42. The fraction of sp³-hybridized carbons (Fsp3) is 0.120. The monoisotopic (exact) mass is 489 g/mol. The van der Waals surface area contributed by atoms with E-state index < -0.39 is 0 Å². The van der Waals surface area contributed by atoms with Crippen molar-refractivity contribution in [1.82, 2.24) is 9.78 Å². The lowest BCUT2D eigenvalue weighted by atomic mass is 10.00. The summed E-state index contributed by atoms with van der Waals surface area (Å²) in [5.74, 6) is 1.11. The average molecular weight is 490 g/mol. The molecule has 1 amide bonds. The molecule has 1 aromatic heterocycles. The summed E-state index contributed by atoms with van der Waals surface area (Å²) in [7, 11) is 0. The van der Waals surface area contributed by atoms with E-state index in [1.165, 1.54) is 5.56 Å². The number of carbonyl (C=O) groups is 1. The molecule has 4 nitrogen and oxygen atoms in total. The van der Waals surface area contributed by atoms with Crippen LogP contribution in [0.3, 0.4) is 0 Å². The van der Waals surface area contributed by atoms with Gasteiger partial charge in [-0.3, -0.25) is 4.79 Å². The summed E-state index contributed by atoms with van der Waals surface area (Å²) >= 11 is 5.16. The van der Waals surface area contributed by atoms with Crippen molar-refractivity contribution in [2.75, 3.05) is 11.1 Å². The van der Waals surface area contributed by atoms with Gasteiger partial charge in [0, 0.05) is 15.6 Å². The highest BCUT2D eigenvalue weighted by atomic mass is 79.9. The van der Waals surface area contributed by atoms with Crippen molar-refractivity contribution in [1.29, 1.82) is 0 Å². The minimum atomic E-state index is -0.0172. The van der Waals surface area contributed by atoms with Crippen molar-refractivity contribution in [2.24, 2.45) is 0 Å². The van der Waals surface area contributed by atoms with Crippen molar-refractivity contribution >= 4 is 39.4 Å². The number of rotatable bonds is 3. The Morgan fingerprint density at radius 3 is 2.42 bits per heavy atom. The molecule has 1 N–H and O–H groups in total. The highest BCUT2D eigenvalue weighted by Gasteiger charge is 2.32. The number of amides is 1. The van der Waals surface area contributed by atoms with Gasteiger partial charge in [0.25, 0.3) is 0 Å². The zero-order valence-electron chi connectivity index (χ0n) is 16.9. The van der Waals surface area contributed by atoms with Crippen LogP contribution < -0.4 is 5.32 Å². The molecule has 0 aliphatic carbocycles. The lowest BCUT2D eigenvalue weighted by Crippen LogP contribution is -2.15. The van der Waals surface area contributed by atoms with Gasteiger partial charge in [0.1, 0.15) is 5.82 Å². The van der Waals surface area contributed by atoms with Gasteiger partial charge in [-0.2, -0.15) is 5.10 Å². The number of fused-ring (bicyclic) bond motifs is 1. The molecule has 154 valence electrons. The SMILES string of the molecule is Cc1ccc(-n2nc(-c3ccccc3)c3c2NC(=O)CS[C@H]3c2ccc(Br)cc2)cc1. The van der Waals surface area contributed by atoms with Gasteiger partial charge in [0.05, 0.1) is 22.4 Å². The predicted octanol–water partition coefficient (Wildman–Crippen LogP) is 6.38. The number of aromatic nitrogens is 2. The van der Waals surface area contributed by atoms with Gasteiger partial charge in [-0.05, 0) is 36.8 Å². The van der Waals surface area contributed by atoms with Gasteiger partial charge in [0.2, 0.25) is 5.91 Å².